The second-order valence-electron chi connectivity index (χ2n) is 6.49. The lowest BCUT2D eigenvalue weighted by molar-refractivity contribution is 0.626. The molecule has 0 spiro atoms. The van der Waals surface area contributed by atoms with Gasteiger partial charge in [0.25, 0.3) is 0 Å². The molecule has 2 aliphatic rings. The lowest BCUT2D eigenvalue weighted by Crippen LogP contribution is -2.43. The molecule has 28 heavy (non-hydrogen) atoms. The maximum atomic E-state index is 13.3. The van der Waals surface area contributed by atoms with E-state index >= 15 is 0 Å². The zero-order valence-electron chi connectivity index (χ0n) is 14.5. The third-order valence-electron chi connectivity index (χ3n) is 4.95. The first kappa shape index (κ1) is 15.1. The molecule has 0 amide bonds. The van der Waals surface area contributed by atoms with Crippen LogP contribution in [-0.2, 0) is 0 Å². The summed E-state index contributed by atoms with van der Waals surface area (Å²) in [7, 11) is 0. The van der Waals surface area contributed by atoms with Gasteiger partial charge in [-0.05, 0) is 30.3 Å². The summed E-state index contributed by atoms with van der Waals surface area (Å²) >= 11 is 0. The largest absolute Gasteiger partial charge is 0.284 e. The van der Waals surface area contributed by atoms with Crippen molar-refractivity contribution in [3.05, 3.63) is 78.6 Å². The number of anilines is 2. The first-order valence-electron chi connectivity index (χ1n) is 8.71. The number of hydrazine groups is 1. The number of nitrogens with zero attached hydrogens (tertiary/aromatic N) is 8. The van der Waals surface area contributed by atoms with Gasteiger partial charge in [0.1, 0.15) is 18.5 Å². The normalized spacial score (nSPS) is 16.8. The van der Waals surface area contributed by atoms with Crippen molar-refractivity contribution in [2.24, 2.45) is 4.99 Å². The number of hydrogen-bond donors (Lipinski definition) is 0. The molecule has 6 rings (SSSR count). The Morgan fingerprint density at radius 2 is 1.79 bits per heavy atom. The van der Waals surface area contributed by atoms with E-state index < -0.39 is 0 Å². The predicted molar refractivity (Wildman–Crippen MR) is 101 cm³/mol. The number of benzene rings is 2. The number of fused-ring (bicyclic) bond motifs is 6. The Labute approximate surface area is 158 Å². The van der Waals surface area contributed by atoms with Gasteiger partial charge in [-0.1, -0.05) is 23.4 Å². The molecule has 8 nitrogen and oxygen atoms in total. The van der Waals surface area contributed by atoms with Crippen LogP contribution in [0.3, 0.4) is 0 Å². The smallest absolute Gasteiger partial charge is 0.177 e. The summed E-state index contributed by atoms with van der Waals surface area (Å²) in [6, 6.07) is 14.2. The molecule has 0 fully saturated rings. The van der Waals surface area contributed by atoms with Crippen LogP contribution in [0, 0.1) is 5.82 Å². The molecule has 1 atom stereocenters. The van der Waals surface area contributed by atoms with Gasteiger partial charge in [0, 0.05) is 5.56 Å². The predicted octanol–water partition coefficient (Wildman–Crippen LogP) is 2.87. The van der Waals surface area contributed by atoms with E-state index in [1.165, 1.54) is 12.1 Å². The number of rotatable bonds is 2. The zero-order valence-corrected chi connectivity index (χ0v) is 14.5. The Kier molecular flexibility index (Phi) is 2.96. The monoisotopic (exact) mass is 372 g/mol. The van der Waals surface area contributed by atoms with E-state index in [-0.39, 0.29) is 12.0 Å². The molecule has 0 saturated heterocycles. The van der Waals surface area contributed by atoms with Gasteiger partial charge in [-0.2, -0.15) is 4.68 Å². The van der Waals surface area contributed by atoms with Crippen molar-refractivity contribution in [3.63, 3.8) is 0 Å². The standard InChI is InChI=1S/C19H13FN8/c20-13-5-7-14(8-6-13)27-18(10-23-24-27)26-12-22-19-15-3-1-2-4-16(15)25-11-21-9-17(25)28(19)26/h1-12,19H. The fourth-order valence-corrected chi connectivity index (χ4v) is 3.70. The van der Waals surface area contributed by atoms with Crippen LogP contribution in [-0.4, -0.2) is 30.9 Å². The quantitative estimate of drug-likeness (QED) is 0.541. The Hall–Kier alpha value is -4.01. The fourth-order valence-electron chi connectivity index (χ4n) is 3.70. The average Bonchev–Trinajstić information content (AvgIpc) is 3.46. The molecule has 1 unspecified atom stereocenters. The molecule has 2 aromatic heterocycles. The molecule has 0 bridgehead atoms. The molecular weight excluding hydrogens is 359 g/mol. The summed E-state index contributed by atoms with van der Waals surface area (Å²) in [4.78, 5) is 9.05. The number of hydrogen-bond acceptors (Lipinski definition) is 6. The third kappa shape index (κ3) is 1.98. The highest BCUT2D eigenvalue weighted by molar-refractivity contribution is 5.86. The van der Waals surface area contributed by atoms with Crippen LogP contribution in [0.15, 0.2) is 72.2 Å². The van der Waals surface area contributed by atoms with E-state index in [9.17, 15) is 4.39 Å². The molecule has 9 heteroatoms. The molecular formula is C19H13FN8. The topological polar surface area (TPSA) is 67.4 Å². The van der Waals surface area contributed by atoms with Crippen molar-refractivity contribution in [2.75, 3.05) is 10.0 Å². The van der Waals surface area contributed by atoms with Crippen LogP contribution in [0.25, 0.3) is 11.4 Å². The SMILES string of the molecule is Fc1ccc(-n2nncc2N2C=NC3c4ccccc4-n4cncc4N32)cc1. The Bertz CT molecular complexity index is 1210. The third-order valence-corrected chi connectivity index (χ3v) is 4.95. The van der Waals surface area contributed by atoms with E-state index in [0.717, 1.165) is 17.1 Å². The number of para-hydroxylation sites is 1. The highest BCUT2D eigenvalue weighted by Crippen LogP contribution is 2.42. The van der Waals surface area contributed by atoms with Gasteiger partial charge in [0.05, 0.1) is 23.8 Å². The lowest BCUT2D eigenvalue weighted by Gasteiger charge is -2.37. The summed E-state index contributed by atoms with van der Waals surface area (Å²) in [5, 5.41) is 12.2. The minimum atomic E-state index is -0.301. The first-order chi connectivity index (χ1) is 13.8. The fraction of sp³-hybridized carbons (Fsp3) is 0.0526. The van der Waals surface area contributed by atoms with Crippen molar-refractivity contribution in [1.82, 2.24) is 24.5 Å². The van der Waals surface area contributed by atoms with E-state index in [2.05, 4.69) is 27.4 Å². The van der Waals surface area contributed by atoms with Gasteiger partial charge in [0.2, 0.25) is 0 Å². The summed E-state index contributed by atoms with van der Waals surface area (Å²) in [5.41, 5.74) is 2.84. The van der Waals surface area contributed by atoms with Crippen molar-refractivity contribution in [2.45, 2.75) is 6.17 Å². The van der Waals surface area contributed by atoms with Gasteiger partial charge in [-0.25, -0.2) is 24.4 Å². The Balaban J connectivity index is 1.49. The minimum Gasteiger partial charge on any atom is -0.284 e. The van der Waals surface area contributed by atoms with E-state index in [0.29, 0.717) is 11.5 Å². The number of aliphatic imine (C=N–C) groups is 1. The summed E-state index contributed by atoms with van der Waals surface area (Å²) in [5.74, 6) is 1.27. The average molecular weight is 372 g/mol. The zero-order chi connectivity index (χ0) is 18.7. The van der Waals surface area contributed by atoms with E-state index in [4.69, 9.17) is 4.99 Å². The van der Waals surface area contributed by atoms with Crippen molar-refractivity contribution >= 4 is 18.0 Å². The van der Waals surface area contributed by atoms with Crippen molar-refractivity contribution < 1.29 is 4.39 Å². The van der Waals surface area contributed by atoms with E-state index in [1.807, 2.05) is 26.7 Å². The lowest BCUT2D eigenvalue weighted by atomic mass is 10.1. The number of imidazole rings is 1. The molecule has 0 saturated carbocycles. The van der Waals surface area contributed by atoms with Gasteiger partial charge >= 0.3 is 0 Å². The molecule has 2 aliphatic heterocycles. The molecule has 0 aliphatic carbocycles. The highest BCUT2D eigenvalue weighted by atomic mass is 19.1. The Morgan fingerprint density at radius 1 is 0.929 bits per heavy atom. The maximum Gasteiger partial charge on any atom is 0.177 e. The molecule has 136 valence electrons. The van der Waals surface area contributed by atoms with Crippen LogP contribution in [0.5, 0.6) is 0 Å². The molecule has 4 aromatic rings. The molecule has 0 N–H and O–H groups in total. The van der Waals surface area contributed by atoms with Gasteiger partial charge in [0.15, 0.2) is 17.8 Å². The van der Waals surface area contributed by atoms with Crippen LogP contribution in [0.2, 0.25) is 0 Å². The maximum absolute atomic E-state index is 13.3. The first-order valence-corrected chi connectivity index (χ1v) is 8.71. The van der Waals surface area contributed by atoms with Gasteiger partial charge in [-0.15, -0.1) is 5.10 Å². The number of halogens is 1. The van der Waals surface area contributed by atoms with Crippen molar-refractivity contribution in [3.8, 4) is 11.4 Å². The van der Waals surface area contributed by atoms with Crippen LogP contribution >= 0.6 is 0 Å². The summed E-state index contributed by atoms with van der Waals surface area (Å²) < 4.78 is 17.0. The Morgan fingerprint density at radius 3 is 2.68 bits per heavy atom. The minimum absolute atomic E-state index is 0.211. The number of aromatic nitrogens is 5. The molecule has 2 aromatic carbocycles. The molecule has 4 heterocycles. The van der Waals surface area contributed by atoms with Crippen LogP contribution in [0.1, 0.15) is 11.7 Å². The molecule has 0 radical (unpaired) electrons. The summed E-state index contributed by atoms with van der Waals surface area (Å²) in [6.45, 7) is 0. The van der Waals surface area contributed by atoms with Crippen LogP contribution in [0.4, 0.5) is 16.0 Å². The second-order valence-corrected chi connectivity index (χ2v) is 6.49. The van der Waals surface area contributed by atoms with Gasteiger partial charge < -0.3 is 0 Å². The highest BCUT2D eigenvalue weighted by Gasteiger charge is 2.39. The van der Waals surface area contributed by atoms with Gasteiger partial charge in [-0.3, -0.25) is 4.57 Å². The second kappa shape index (κ2) is 5.49. The van der Waals surface area contributed by atoms with Crippen molar-refractivity contribution in [1.29, 1.82) is 0 Å². The van der Waals surface area contributed by atoms with E-state index in [1.54, 1.807) is 41.9 Å². The summed E-state index contributed by atoms with van der Waals surface area (Å²) in [6.07, 6.45) is 6.78. The van der Waals surface area contributed by atoms with Crippen LogP contribution < -0.4 is 10.0 Å².